The maximum atomic E-state index is 12.5. The third kappa shape index (κ3) is 3.19. The molecule has 0 spiro atoms. The molecule has 0 bridgehead atoms. The number of carbonyl (C=O) groups is 1. The van der Waals surface area contributed by atoms with Gasteiger partial charge in [0.15, 0.2) is 0 Å². The van der Waals surface area contributed by atoms with E-state index in [1.807, 2.05) is 0 Å². The van der Waals surface area contributed by atoms with Gasteiger partial charge in [0.2, 0.25) is 5.91 Å². The first-order valence-electron chi connectivity index (χ1n) is 6.92. The Labute approximate surface area is 104 Å². The summed E-state index contributed by atoms with van der Waals surface area (Å²) in [5.41, 5.74) is 0. The zero-order valence-corrected chi connectivity index (χ0v) is 10.8. The van der Waals surface area contributed by atoms with E-state index in [4.69, 9.17) is 4.74 Å². The monoisotopic (exact) mass is 240 g/mol. The first-order valence-corrected chi connectivity index (χ1v) is 6.92. The molecule has 2 saturated heterocycles. The highest BCUT2D eigenvalue weighted by molar-refractivity contribution is 5.79. The van der Waals surface area contributed by atoms with Crippen LogP contribution in [-0.2, 0) is 9.53 Å². The van der Waals surface area contributed by atoms with Crippen molar-refractivity contribution in [3.63, 3.8) is 0 Å². The van der Waals surface area contributed by atoms with Crippen LogP contribution in [0.1, 0.15) is 32.6 Å². The summed E-state index contributed by atoms with van der Waals surface area (Å²) in [4.78, 5) is 14.6. The molecule has 2 heterocycles. The number of nitrogens with one attached hydrogen (secondary N) is 1. The molecule has 98 valence electrons. The minimum Gasteiger partial charge on any atom is -0.381 e. The molecule has 4 heteroatoms. The average Bonchev–Trinajstić information content (AvgIpc) is 2.90. The van der Waals surface area contributed by atoms with Crippen molar-refractivity contribution in [3.05, 3.63) is 0 Å². The van der Waals surface area contributed by atoms with Gasteiger partial charge in [-0.05, 0) is 38.8 Å². The van der Waals surface area contributed by atoms with Crippen LogP contribution in [0.3, 0.4) is 0 Å². The van der Waals surface area contributed by atoms with Crippen LogP contribution in [0.25, 0.3) is 0 Å². The van der Waals surface area contributed by atoms with Gasteiger partial charge in [-0.15, -0.1) is 0 Å². The predicted molar refractivity (Wildman–Crippen MR) is 66.8 cm³/mol. The normalized spacial score (nSPS) is 26.1. The first kappa shape index (κ1) is 12.8. The summed E-state index contributed by atoms with van der Waals surface area (Å²) >= 11 is 0. The van der Waals surface area contributed by atoms with Gasteiger partial charge >= 0.3 is 0 Å². The van der Waals surface area contributed by atoms with Crippen molar-refractivity contribution < 1.29 is 9.53 Å². The average molecular weight is 240 g/mol. The van der Waals surface area contributed by atoms with Gasteiger partial charge < -0.3 is 15.0 Å². The van der Waals surface area contributed by atoms with Crippen LogP contribution < -0.4 is 5.32 Å². The van der Waals surface area contributed by atoms with E-state index in [-0.39, 0.29) is 5.92 Å². The summed E-state index contributed by atoms with van der Waals surface area (Å²) in [6.45, 7) is 6.51. The highest BCUT2D eigenvalue weighted by Gasteiger charge is 2.31. The zero-order chi connectivity index (χ0) is 12.1. The molecule has 1 unspecified atom stereocenters. The van der Waals surface area contributed by atoms with Crippen molar-refractivity contribution in [2.24, 2.45) is 5.92 Å². The van der Waals surface area contributed by atoms with E-state index in [2.05, 4.69) is 17.1 Å². The van der Waals surface area contributed by atoms with Crippen LogP contribution in [0.4, 0.5) is 0 Å². The van der Waals surface area contributed by atoms with Crippen LogP contribution >= 0.6 is 0 Å². The number of hydrogen-bond acceptors (Lipinski definition) is 3. The van der Waals surface area contributed by atoms with E-state index in [1.54, 1.807) is 0 Å². The van der Waals surface area contributed by atoms with Crippen molar-refractivity contribution in [1.82, 2.24) is 10.2 Å². The number of ether oxygens (including phenoxy) is 1. The van der Waals surface area contributed by atoms with Gasteiger partial charge in [-0.25, -0.2) is 0 Å². The molecule has 4 nitrogen and oxygen atoms in total. The molecule has 1 amide bonds. The molecule has 1 atom stereocenters. The number of amides is 1. The van der Waals surface area contributed by atoms with Crippen LogP contribution in [0.2, 0.25) is 0 Å². The molecule has 0 radical (unpaired) electrons. The summed E-state index contributed by atoms with van der Waals surface area (Å²) in [5.74, 6) is 0.452. The van der Waals surface area contributed by atoms with Crippen molar-refractivity contribution >= 4 is 5.91 Å². The Morgan fingerprint density at radius 2 is 2.12 bits per heavy atom. The number of nitrogens with zero attached hydrogens (tertiary/aromatic N) is 1. The third-order valence-corrected chi connectivity index (χ3v) is 3.78. The topological polar surface area (TPSA) is 41.6 Å². The van der Waals surface area contributed by atoms with E-state index >= 15 is 0 Å². The Bertz CT molecular complexity index is 246. The standard InChI is InChI=1S/C13H24N2O2/c1-2-8-15(12-3-6-14-7-4-12)13(16)11-5-9-17-10-11/h11-12,14H,2-10H2,1H3. The van der Waals surface area contributed by atoms with E-state index in [1.165, 1.54) is 0 Å². The van der Waals surface area contributed by atoms with Crippen molar-refractivity contribution in [1.29, 1.82) is 0 Å². The molecule has 2 fully saturated rings. The van der Waals surface area contributed by atoms with Gasteiger partial charge in [-0.3, -0.25) is 4.79 Å². The fraction of sp³-hybridized carbons (Fsp3) is 0.923. The lowest BCUT2D eigenvalue weighted by Gasteiger charge is -2.36. The number of piperidine rings is 1. The van der Waals surface area contributed by atoms with Crippen LogP contribution in [0.15, 0.2) is 0 Å². The molecule has 1 N–H and O–H groups in total. The van der Waals surface area contributed by atoms with Gasteiger partial charge in [0.05, 0.1) is 12.5 Å². The highest BCUT2D eigenvalue weighted by Crippen LogP contribution is 2.20. The molecular formula is C13H24N2O2. The second-order valence-electron chi connectivity index (χ2n) is 5.07. The Kier molecular flexibility index (Phi) is 4.80. The summed E-state index contributed by atoms with van der Waals surface area (Å²) in [6.07, 6.45) is 4.14. The number of carbonyl (C=O) groups excluding carboxylic acids is 1. The fourth-order valence-corrected chi connectivity index (χ4v) is 2.80. The Morgan fingerprint density at radius 1 is 1.35 bits per heavy atom. The van der Waals surface area contributed by atoms with Crippen molar-refractivity contribution in [2.45, 2.75) is 38.6 Å². The number of hydrogen-bond donors (Lipinski definition) is 1. The summed E-state index contributed by atoms with van der Waals surface area (Å²) < 4.78 is 5.33. The lowest BCUT2D eigenvalue weighted by Crippen LogP contribution is -2.48. The van der Waals surface area contributed by atoms with E-state index in [9.17, 15) is 4.79 Å². The van der Waals surface area contributed by atoms with Crippen LogP contribution in [-0.4, -0.2) is 49.7 Å². The molecule has 0 aromatic carbocycles. The molecule has 0 aliphatic carbocycles. The summed E-state index contributed by atoms with van der Waals surface area (Å²) in [7, 11) is 0. The summed E-state index contributed by atoms with van der Waals surface area (Å²) in [5, 5.41) is 3.36. The molecule has 0 aromatic rings. The highest BCUT2D eigenvalue weighted by atomic mass is 16.5. The Hall–Kier alpha value is -0.610. The minimum atomic E-state index is 0.122. The lowest BCUT2D eigenvalue weighted by atomic mass is 10.0. The van der Waals surface area contributed by atoms with E-state index < -0.39 is 0 Å². The smallest absolute Gasteiger partial charge is 0.228 e. The maximum Gasteiger partial charge on any atom is 0.228 e. The second kappa shape index (κ2) is 6.36. The largest absolute Gasteiger partial charge is 0.381 e. The predicted octanol–water partition coefficient (Wildman–Crippen LogP) is 1.01. The van der Waals surface area contributed by atoms with Crippen molar-refractivity contribution in [3.8, 4) is 0 Å². The second-order valence-corrected chi connectivity index (χ2v) is 5.07. The molecule has 0 aromatic heterocycles. The lowest BCUT2D eigenvalue weighted by molar-refractivity contribution is -0.138. The fourth-order valence-electron chi connectivity index (χ4n) is 2.80. The molecule has 17 heavy (non-hydrogen) atoms. The Morgan fingerprint density at radius 3 is 2.71 bits per heavy atom. The van der Waals surface area contributed by atoms with E-state index in [0.717, 1.165) is 51.9 Å². The first-order chi connectivity index (χ1) is 8.33. The SMILES string of the molecule is CCCN(C(=O)C1CCOC1)C1CCNCC1. The van der Waals surface area contributed by atoms with Gasteiger partial charge in [0.1, 0.15) is 0 Å². The van der Waals surface area contributed by atoms with Gasteiger partial charge in [0, 0.05) is 19.2 Å². The third-order valence-electron chi connectivity index (χ3n) is 3.78. The minimum absolute atomic E-state index is 0.122. The zero-order valence-electron chi connectivity index (χ0n) is 10.8. The molecule has 0 saturated carbocycles. The molecule has 2 aliphatic heterocycles. The van der Waals surface area contributed by atoms with Gasteiger partial charge in [-0.1, -0.05) is 6.92 Å². The van der Waals surface area contributed by atoms with Crippen LogP contribution in [0, 0.1) is 5.92 Å². The Balaban J connectivity index is 1.96. The van der Waals surface area contributed by atoms with E-state index in [0.29, 0.717) is 18.6 Å². The molecule has 2 rings (SSSR count). The molecular weight excluding hydrogens is 216 g/mol. The number of rotatable bonds is 4. The summed E-state index contributed by atoms with van der Waals surface area (Å²) in [6, 6.07) is 0.448. The maximum absolute atomic E-state index is 12.5. The van der Waals surface area contributed by atoms with Crippen LogP contribution in [0.5, 0.6) is 0 Å². The quantitative estimate of drug-likeness (QED) is 0.797. The van der Waals surface area contributed by atoms with Gasteiger partial charge in [-0.2, -0.15) is 0 Å². The molecule has 2 aliphatic rings. The van der Waals surface area contributed by atoms with Gasteiger partial charge in [0.25, 0.3) is 0 Å². The van der Waals surface area contributed by atoms with Crippen molar-refractivity contribution in [2.75, 3.05) is 32.8 Å².